The number of aliphatic carboxylic acids is 1. The molecule has 1 aromatic heterocycles. The number of rotatable bonds is 4. The summed E-state index contributed by atoms with van der Waals surface area (Å²) in [5, 5.41) is 12.1. The fraction of sp³-hybridized carbons (Fsp3) is 0.462. The van der Waals surface area contributed by atoms with E-state index in [2.05, 4.69) is 10.3 Å². The molecular formula is C13H14Cl2N2O3. The van der Waals surface area contributed by atoms with E-state index < -0.39 is 11.5 Å². The molecule has 0 unspecified atom stereocenters. The molecule has 2 rings (SSSR count). The molecule has 20 heavy (non-hydrogen) atoms. The van der Waals surface area contributed by atoms with Crippen molar-refractivity contribution in [1.82, 2.24) is 10.3 Å². The zero-order chi connectivity index (χ0) is 14.8. The standard InChI is InChI=1S/C13H14Cl2N2O3/c14-9-5-8(7-16-11(9)15)12(20)17-13(6-10(18)19)3-1-2-4-13/h5,7H,1-4,6H2,(H,17,20)(H,18,19). The topological polar surface area (TPSA) is 79.3 Å². The van der Waals surface area contributed by atoms with Crippen LogP contribution in [0.15, 0.2) is 12.3 Å². The average Bonchev–Trinajstić information content (AvgIpc) is 2.79. The Kier molecular flexibility index (Phi) is 4.50. The summed E-state index contributed by atoms with van der Waals surface area (Å²) < 4.78 is 0. The summed E-state index contributed by atoms with van der Waals surface area (Å²) in [5.41, 5.74) is -0.397. The number of carboxylic acids is 1. The number of halogens is 2. The largest absolute Gasteiger partial charge is 0.481 e. The Morgan fingerprint density at radius 3 is 2.55 bits per heavy atom. The van der Waals surface area contributed by atoms with Gasteiger partial charge in [-0.1, -0.05) is 36.0 Å². The second kappa shape index (κ2) is 5.97. The Bertz CT molecular complexity index is 542. The maximum absolute atomic E-state index is 12.2. The van der Waals surface area contributed by atoms with E-state index in [1.807, 2.05) is 0 Å². The first-order chi connectivity index (χ1) is 9.42. The molecule has 1 aliphatic carbocycles. The highest BCUT2D eigenvalue weighted by Gasteiger charge is 2.37. The first kappa shape index (κ1) is 15.1. The Balaban J connectivity index is 2.16. The van der Waals surface area contributed by atoms with Gasteiger partial charge in [0, 0.05) is 6.20 Å². The normalized spacial score (nSPS) is 16.9. The van der Waals surface area contributed by atoms with Crippen molar-refractivity contribution in [3.63, 3.8) is 0 Å². The number of nitrogens with one attached hydrogen (secondary N) is 1. The maximum atomic E-state index is 12.2. The Morgan fingerprint density at radius 1 is 1.35 bits per heavy atom. The van der Waals surface area contributed by atoms with Crippen molar-refractivity contribution >= 4 is 35.1 Å². The van der Waals surface area contributed by atoms with Crippen LogP contribution in [0.2, 0.25) is 10.2 Å². The Morgan fingerprint density at radius 2 is 2.00 bits per heavy atom. The van der Waals surface area contributed by atoms with Crippen LogP contribution in [0.1, 0.15) is 42.5 Å². The van der Waals surface area contributed by atoms with Crippen molar-refractivity contribution in [3.05, 3.63) is 28.0 Å². The highest BCUT2D eigenvalue weighted by atomic mass is 35.5. The summed E-state index contributed by atoms with van der Waals surface area (Å²) in [6.07, 6.45) is 4.40. The van der Waals surface area contributed by atoms with Gasteiger partial charge in [-0.05, 0) is 18.9 Å². The van der Waals surface area contributed by atoms with E-state index in [4.69, 9.17) is 28.3 Å². The van der Waals surface area contributed by atoms with E-state index in [1.54, 1.807) is 0 Å². The molecule has 0 saturated heterocycles. The van der Waals surface area contributed by atoms with Crippen molar-refractivity contribution in [2.75, 3.05) is 0 Å². The average molecular weight is 317 g/mol. The van der Waals surface area contributed by atoms with E-state index in [0.717, 1.165) is 12.8 Å². The number of hydrogen-bond acceptors (Lipinski definition) is 3. The minimum atomic E-state index is -0.917. The summed E-state index contributed by atoms with van der Waals surface area (Å²) >= 11 is 11.5. The quantitative estimate of drug-likeness (QED) is 0.837. The lowest BCUT2D eigenvalue weighted by molar-refractivity contribution is -0.138. The van der Waals surface area contributed by atoms with E-state index in [9.17, 15) is 9.59 Å². The van der Waals surface area contributed by atoms with Gasteiger partial charge in [0.1, 0.15) is 5.15 Å². The molecule has 1 fully saturated rings. The highest BCUT2D eigenvalue weighted by molar-refractivity contribution is 6.41. The second-order valence-electron chi connectivity index (χ2n) is 5.01. The second-order valence-corrected chi connectivity index (χ2v) is 5.77. The molecule has 108 valence electrons. The van der Waals surface area contributed by atoms with Crippen molar-refractivity contribution in [1.29, 1.82) is 0 Å². The first-order valence-electron chi connectivity index (χ1n) is 6.27. The lowest BCUT2D eigenvalue weighted by atomic mass is 9.93. The Labute approximate surface area is 126 Å². The lowest BCUT2D eigenvalue weighted by Gasteiger charge is -2.28. The van der Waals surface area contributed by atoms with E-state index in [0.29, 0.717) is 12.8 Å². The van der Waals surface area contributed by atoms with Crippen LogP contribution in [0.5, 0.6) is 0 Å². The van der Waals surface area contributed by atoms with Gasteiger partial charge in [0.15, 0.2) is 0 Å². The van der Waals surface area contributed by atoms with Crippen LogP contribution in [0, 0.1) is 0 Å². The number of carbonyl (C=O) groups excluding carboxylic acids is 1. The minimum absolute atomic E-state index is 0.0759. The van der Waals surface area contributed by atoms with Gasteiger partial charge in [0.2, 0.25) is 0 Å². The predicted molar refractivity (Wildman–Crippen MR) is 75.2 cm³/mol. The smallest absolute Gasteiger partial charge is 0.305 e. The highest BCUT2D eigenvalue weighted by Crippen LogP contribution is 2.33. The SMILES string of the molecule is O=C(O)CC1(NC(=O)c2cnc(Cl)c(Cl)c2)CCCC1. The van der Waals surface area contributed by atoms with Gasteiger partial charge < -0.3 is 10.4 Å². The van der Waals surface area contributed by atoms with Crippen LogP contribution in [-0.4, -0.2) is 27.5 Å². The number of nitrogens with zero attached hydrogens (tertiary/aromatic N) is 1. The molecular weight excluding hydrogens is 303 g/mol. The van der Waals surface area contributed by atoms with E-state index in [1.165, 1.54) is 12.3 Å². The van der Waals surface area contributed by atoms with Gasteiger partial charge >= 0.3 is 5.97 Å². The van der Waals surface area contributed by atoms with Crippen LogP contribution >= 0.6 is 23.2 Å². The van der Waals surface area contributed by atoms with Crippen LogP contribution < -0.4 is 5.32 Å². The molecule has 1 saturated carbocycles. The molecule has 0 atom stereocenters. The van der Waals surface area contributed by atoms with Gasteiger partial charge in [0.05, 0.1) is 22.5 Å². The molecule has 1 heterocycles. The van der Waals surface area contributed by atoms with Crippen molar-refractivity contribution in [2.45, 2.75) is 37.6 Å². The van der Waals surface area contributed by atoms with Crippen LogP contribution in [0.25, 0.3) is 0 Å². The first-order valence-corrected chi connectivity index (χ1v) is 7.03. The van der Waals surface area contributed by atoms with Crippen molar-refractivity contribution in [2.24, 2.45) is 0 Å². The van der Waals surface area contributed by atoms with Crippen LogP contribution in [0.4, 0.5) is 0 Å². The zero-order valence-electron chi connectivity index (χ0n) is 10.7. The predicted octanol–water partition coefficient (Wildman–Crippen LogP) is 2.91. The summed E-state index contributed by atoms with van der Waals surface area (Å²) in [4.78, 5) is 27.0. The number of carboxylic acid groups (broad SMARTS) is 1. The zero-order valence-corrected chi connectivity index (χ0v) is 12.2. The monoisotopic (exact) mass is 316 g/mol. The molecule has 0 aromatic carbocycles. The van der Waals surface area contributed by atoms with E-state index in [-0.39, 0.29) is 28.1 Å². The number of hydrogen-bond donors (Lipinski definition) is 2. The van der Waals surface area contributed by atoms with Crippen LogP contribution in [-0.2, 0) is 4.79 Å². The van der Waals surface area contributed by atoms with Gasteiger partial charge in [-0.15, -0.1) is 0 Å². The molecule has 0 aliphatic heterocycles. The molecule has 1 aromatic rings. The third-order valence-corrected chi connectivity index (χ3v) is 4.17. The third-order valence-electron chi connectivity index (χ3n) is 3.49. The fourth-order valence-corrected chi connectivity index (χ4v) is 2.82. The molecule has 7 heteroatoms. The third kappa shape index (κ3) is 3.41. The number of carbonyl (C=O) groups is 2. The van der Waals surface area contributed by atoms with Gasteiger partial charge in [-0.25, -0.2) is 4.98 Å². The number of aromatic nitrogens is 1. The minimum Gasteiger partial charge on any atom is -0.481 e. The van der Waals surface area contributed by atoms with E-state index >= 15 is 0 Å². The summed E-state index contributed by atoms with van der Waals surface area (Å²) in [5.74, 6) is -1.29. The Hall–Kier alpha value is -1.33. The molecule has 0 spiro atoms. The maximum Gasteiger partial charge on any atom is 0.305 e. The molecule has 5 nitrogen and oxygen atoms in total. The summed E-state index contributed by atoms with van der Waals surface area (Å²) in [6, 6.07) is 1.43. The molecule has 0 bridgehead atoms. The molecule has 0 radical (unpaired) electrons. The van der Waals surface area contributed by atoms with Crippen molar-refractivity contribution in [3.8, 4) is 0 Å². The number of pyridine rings is 1. The molecule has 1 amide bonds. The molecule has 1 aliphatic rings. The molecule has 2 N–H and O–H groups in total. The van der Waals surface area contributed by atoms with Gasteiger partial charge in [-0.3, -0.25) is 9.59 Å². The van der Waals surface area contributed by atoms with Gasteiger partial charge in [-0.2, -0.15) is 0 Å². The van der Waals surface area contributed by atoms with Crippen molar-refractivity contribution < 1.29 is 14.7 Å². The number of amides is 1. The fourth-order valence-electron chi connectivity index (χ4n) is 2.55. The van der Waals surface area contributed by atoms with Gasteiger partial charge in [0.25, 0.3) is 5.91 Å². The summed E-state index contributed by atoms with van der Waals surface area (Å²) in [6.45, 7) is 0. The lowest BCUT2D eigenvalue weighted by Crippen LogP contribution is -2.47. The summed E-state index contributed by atoms with van der Waals surface area (Å²) in [7, 11) is 0. The van der Waals surface area contributed by atoms with Crippen LogP contribution in [0.3, 0.4) is 0 Å².